The van der Waals surface area contributed by atoms with Crippen molar-refractivity contribution in [2.45, 2.75) is 6.92 Å². The Hall–Kier alpha value is 0.660. The van der Waals surface area contributed by atoms with Crippen molar-refractivity contribution in [2.24, 2.45) is 0 Å². The van der Waals surface area contributed by atoms with Crippen molar-refractivity contribution < 1.29 is 0 Å². The maximum absolute atomic E-state index is 3.38. The van der Waals surface area contributed by atoms with E-state index in [1.807, 2.05) is 6.92 Å². The number of thiophene rings is 1. The van der Waals surface area contributed by atoms with Gasteiger partial charge in [-0.15, -0.1) is 11.3 Å². The molecule has 0 bridgehead atoms. The monoisotopic (exact) mass is 253 g/mol. The minimum Gasteiger partial charge on any atom is -0.126 e. The first-order chi connectivity index (χ1) is 3.72. The van der Waals surface area contributed by atoms with Crippen LogP contribution >= 0.6 is 43.2 Å². The predicted octanol–water partition coefficient (Wildman–Crippen LogP) is 3.38. The molecule has 1 heterocycles. The van der Waals surface area contributed by atoms with Crippen LogP contribution in [-0.4, -0.2) is 0 Å². The van der Waals surface area contributed by atoms with Gasteiger partial charge in [0.1, 0.15) is 0 Å². The fourth-order valence-corrected chi connectivity index (χ4v) is 1.96. The van der Waals surface area contributed by atoms with Gasteiger partial charge in [0, 0.05) is 9.85 Å². The number of hydrogen-bond donors (Lipinski definition) is 0. The van der Waals surface area contributed by atoms with Crippen LogP contribution < -0.4 is 0 Å². The van der Waals surface area contributed by atoms with E-state index in [0.717, 1.165) is 8.26 Å². The molecule has 1 rings (SSSR count). The lowest BCUT2D eigenvalue weighted by molar-refractivity contribution is 1.50. The second kappa shape index (κ2) is 2.50. The van der Waals surface area contributed by atoms with Crippen LogP contribution in [0.5, 0.6) is 0 Å². The highest BCUT2D eigenvalue weighted by molar-refractivity contribution is 9.13. The molecule has 1 radical (unpaired) electrons. The Morgan fingerprint density at radius 2 is 2.12 bits per heavy atom. The molecule has 3 heteroatoms. The molecular formula is C5H3Br2S. The predicted molar refractivity (Wildman–Crippen MR) is 43.3 cm³/mol. The summed E-state index contributed by atoms with van der Waals surface area (Å²) in [5.41, 5.74) is 1.17. The Labute approximate surface area is 69.2 Å². The van der Waals surface area contributed by atoms with Crippen molar-refractivity contribution in [3.63, 3.8) is 0 Å². The Kier molecular flexibility index (Phi) is 2.12. The maximum Gasteiger partial charge on any atom is 0.0850 e. The first kappa shape index (κ1) is 6.78. The molecule has 0 fully saturated rings. The van der Waals surface area contributed by atoms with Crippen LogP contribution in [0.15, 0.2) is 8.26 Å². The van der Waals surface area contributed by atoms with E-state index in [4.69, 9.17) is 0 Å². The van der Waals surface area contributed by atoms with Gasteiger partial charge in [0.15, 0.2) is 0 Å². The van der Waals surface area contributed by atoms with E-state index in [-0.39, 0.29) is 0 Å². The van der Waals surface area contributed by atoms with Gasteiger partial charge in [-0.2, -0.15) is 0 Å². The van der Waals surface area contributed by atoms with Crippen LogP contribution in [0, 0.1) is 12.3 Å². The number of hydrogen-bond acceptors (Lipinski definition) is 1. The molecule has 0 saturated carbocycles. The summed E-state index contributed by atoms with van der Waals surface area (Å²) in [5, 5.41) is 3.08. The van der Waals surface area contributed by atoms with Gasteiger partial charge in [-0.1, -0.05) is 0 Å². The maximum atomic E-state index is 3.38. The van der Waals surface area contributed by atoms with Gasteiger partial charge in [-0.25, -0.2) is 0 Å². The first-order valence-electron chi connectivity index (χ1n) is 2.04. The topological polar surface area (TPSA) is 0 Å². The van der Waals surface area contributed by atoms with E-state index in [2.05, 4.69) is 37.2 Å². The molecule has 0 aliphatic carbocycles. The summed E-state index contributed by atoms with van der Waals surface area (Å²) in [4.78, 5) is 0. The highest BCUT2D eigenvalue weighted by Gasteiger charge is 2.00. The molecule has 0 spiro atoms. The Morgan fingerprint density at radius 1 is 1.50 bits per heavy atom. The standard InChI is InChI=1S/C5H3Br2S/c1-3-2-8-5(7)4(3)6/h1H3. The quantitative estimate of drug-likeness (QED) is 0.666. The number of rotatable bonds is 0. The molecule has 1 aromatic rings. The Balaban J connectivity index is 3.19. The summed E-state index contributed by atoms with van der Waals surface area (Å²) in [7, 11) is 0. The zero-order valence-electron chi connectivity index (χ0n) is 4.16. The van der Waals surface area contributed by atoms with Crippen molar-refractivity contribution >= 4 is 43.2 Å². The smallest absolute Gasteiger partial charge is 0.0850 e. The molecule has 0 aliphatic heterocycles. The molecule has 0 aliphatic rings. The lowest BCUT2D eigenvalue weighted by atomic mass is 10.4. The third-order valence-corrected chi connectivity index (χ3v) is 4.26. The minimum atomic E-state index is 1.12. The Morgan fingerprint density at radius 3 is 2.25 bits per heavy atom. The molecule has 0 unspecified atom stereocenters. The average molecular weight is 255 g/mol. The summed E-state index contributed by atoms with van der Waals surface area (Å²) in [6, 6.07) is 0. The molecule has 0 aromatic carbocycles. The molecule has 0 N–H and O–H groups in total. The van der Waals surface area contributed by atoms with Crippen molar-refractivity contribution in [2.75, 3.05) is 0 Å². The number of halogens is 2. The van der Waals surface area contributed by atoms with Crippen LogP contribution in [0.4, 0.5) is 0 Å². The fourth-order valence-electron chi connectivity index (χ4n) is 0.358. The van der Waals surface area contributed by atoms with Crippen molar-refractivity contribution in [3.8, 4) is 0 Å². The van der Waals surface area contributed by atoms with Crippen molar-refractivity contribution in [3.05, 3.63) is 19.2 Å². The summed E-state index contributed by atoms with van der Waals surface area (Å²) in [6.07, 6.45) is 0. The van der Waals surface area contributed by atoms with Gasteiger partial charge in [0.05, 0.1) is 3.79 Å². The van der Waals surface area contributed by atoms with Crippen LogP contribution in [-0.2, 0) is 0 Å². The molecule has 0 nitrogen and oxygen atoms in total. The Bertz CT molecular complexity index is 173. The zero-order chi connectivity index (χ0) is 6.15. The van der Waals surface area contributed by atoms with Gasteiger partial charge in [-0.3, -0.25) is 0 Å². The van der Waals surface area contributed by atoms with Crippen molar-refractivity contribution in [1.82, 2.24) is 0 Å². The number of aryl methyl sites for hydroxylation is 1. The van der Waals surface area contributed by atoms with Crippen LogP contribution in [0.3, 0.4) is 0 Å². The van der Waals surface area contributed by atoms with E-state index >= 15 is 0 Å². The molecule has 0 amide bonds. The lowest BCUT2D eigenvalue weighted by Crippen LogP contribution is -1.60. The second-order valence-corrected chi connectivity index (χ2v) is 4.34. The molecule has 0 atom stereocenters. The molecule has 8 heavy (non-hydrogen) atoms. The van der Waals surface area contributed by atoms with Crippen LogP contribution in [0.25, 0.3) is 0 Å². The van der Waals surface area contributed by atoms with E-state index in [9.17, 15) is 0 Å². The second-order valence-electron chi connectivity index (χ2n) is 1.42. The van der Waals surface area contributed by atoms with Gasteiger partial charge in [-0.05, 0) is 44.3 Å². The third-order valence-electron chi connectivity index (χ3n) is 0.796. The molecule has 1 aromatic heterocycles. The van der Waals surface area contributed by atoms with Crippen molar-refractivity contribution in [1.29, 1.82) is 0 Å². The van der Waals surface area contributed by atoms with E-state index < -0.39 is 0 Å². The lowest BCUT2D eigenvalue weighted by Gasteiger charge is -1.81. The first-order valence-corrected chi connectivity index (χ1v) is 4.44. The molecule has 0 saturated heterocycles. The zero-order valence-corrected chi connectivity index (χ0v) is 8.15. The van der Waals surface area contributed by atoms with Gasteiger partial charge >= 0.3 is 0 Å². The van der Waals surface area contributed by atoms with Crippen LogP contribution in [0.1, 0.15) is 5.56 Å². The summed E-state index contributed by atoms with van der Waals surface area (Å²) < 4.78 is 2.25. The van der Waals surface area contributed by atoms with E-state index in [1.165, 1.54) is 5.56 Å². The van der Waals surface area contributed by atoms with E-state index in [0.29, 0.717) is 0 Å². The van der Waals surface area contributed by atoms with Gasteiger partial charge in [0.2, 0.25) is 0 Å². The summed E-state index contributed by atoms with van der Waals surface area (Å²) in [5.74, 6) is 0. The molecular weight excluding hydrogens is 252 g/mol. The molecule has 43 valence electrons. The minimum absolute atomic E-state index is 1.12. The average Bonchev–Trinajstić information content (AvgIpc) is 1.98. The fraction of sp³-hybridized carbons (Fsp3) is 0.200. The largest absolute Gasteiger partial charge is 0.126 e. The summed E-state index contributed by atoms with van der Waals surface area (Å²) >= 11 is 8.31. The van der Waals surface area contributed by atoms with Crippen LogP contribution in [0.2, 0.25) is 0 Å². The third kappa shape index (κ3) is 1.14. The summed E-state index contributed by atoms with van der Waals surface area (Å²) in [6.45, 7) is 2.02. The van der Waals surface area contributed by atoms with Gasteiger partial charge < -0.3 is 0 Å². The normalized spacial score (nSPS) is 9.88. The SMILES string of the molecule is Cc1[c]sc(Br)c1Br. The van der Waals surface area contributed by atoms with Gasteiger partial charge in [0.25, 0.3) is 0 Å². The van der Waals surface area contributed by atoms with E-state index in [1.54, 1.807) is 11.3 Å². The highest BCUT2D eigenvalue weighted by atomic mass is 79.9. The highest BCUT2D eigenvalue weighted by Crippen LogP contribution is 2.31.